The molecule has 1 unspecified atom stereocenters. The van der Waals surface area contributed by atoms with Crippen LogP contribution in [0.4, 0.5) is 11.4 Å². The van der Waals surface area contributed by atoms with Crippen molar-refractivity contribution in [1.29, 1.82) is 5.41 Å². The van der Waals surface area contributed by atoms with Crippen LogP contribution in [0.5, 0.6) is 0 Å². The molecular formula is C10H13IN3OP. The summed E-state index contributed by atoms with van der Waals surface area (Å²) >= 11 is 2.27. The van der Waals surface area contributed by atoms with E-state index >= 15 is 0 Å². The smallest absolute Gasteiger partial charge is 0.0572 e. The van der Waals surface area contributed by atoms with Crippen LogP contribution in [0.15, 0.2) is 18.2 Å². The van der Waals surface area contributed by atoms with E-state index in [0.29, 0.717) is 31.0 Å². The lowest BCUT2D eigenvalue weighted by Gasteiger charge is -2.27. The van der Waals surface area contributed by atoms with Crippen molar-refractivity contribution in [3.8, 4) is 0 Å². The van der Waals surface area contributed by atoms with E-state index in [9.17, 15) is 0 Å². The zero-order valence-electron chi connectivity index (χ0n) is 8.59. The highest BCUT2D eigenvalue weighted by Crippen LogP contribution is 2.30. The van der Waals surface area contributed by atoms with E-state index < -0.39 is 0 Å². The Bertz CT molecular complexity index is 409. The Morgan fingerprint density at radius 3 is 2.88 bits per heavy atom. The maximum absolute atomic E-state index is 8.13. The molecule has 1 aromatic rings. The number of halogens is 1. The molecule has 0 bridgehead atoms. The number of benzene rings is 1. The Kier molecular flexibility index (Phi) is 4.00. The summed E-state index contributed by atoms with van der Waals surface area (Å²) in [7, 11) is 0. The molecule has 0 aromatic heterocycles. The second kappa shape index (κ2) is 5.29. The average molecular weight is 349 g/mol. The van der Waals surface area contributed by atoms with Crippen LogP contribution in [0, 0.1) is 11.3 Å². The molecule has 1 aromatic carbocycles. The molecule has 0 spiro atoms. The van der Waals surface area contributed by atoms with E-state index in [0.717, 1.165) is 11.3 Å². The van der Waals surface area contributed by atoms with Crippen molar-refractivity contribution in [2.75, 3.05) is 24.0 Å². The minimum absolute atomic E-state index is 0.222. The van der Waals surface area contributed by atoms with E-state index in [-0.39, 0.29) is 5.92 Å². The van der Waals surface area contributed by atoms with Crippen molar-refractivity contribution in [3.05, 3.63) is 23.8 Å². The molecule has 1 fully saturated rings. The Morgan fingerprint density at radius 1 is 1.56 bits per heavy atom. The molecule has 1 aliphatic rings. The fraction of sp³-hybridized carbons (Fsp3) is 0.300. The summed E-state index contributed by atoms with van der Waals surface area (Å²) in [6, 6.07) is 5.65. The number of anilines is 2. The molecule has 1 atom stereocenters. The van der Waals surface area contributed by atoms with Crippen LogP contribution >= 0.6 is 28.4 Å². The predicted octanol–water partition coefficient (Wildman–Crippen LogP) is 2.64. The van der Waals surface area contributed by atoms with Gasteiger partial charge in [0.05, 0.1) is 13.2 Å². The van der Waals surface area contributed by atoms with Gasteiger partial charge in [-0.25, -0.2) is 0 Å². The summed E-state index contributed by atoms with van der Waals surface area (Å²) in [6.45, 7) is 1.30. The monoisotopic (exact) mass is 349 g/mol. The van der Waals surface area contributed by atoms with Crippen LogP contribution in [0.1, 0.15) is 5.56 Å². The zero-order valence-corrected chi connectivity index (χ0v) is 11.7. The summed E-state index contributed by atoms with van der Waals surface area (Å²) in [5.41, 5.74) is 8.97. The summed E-state index contributed by atoms with van der Waals surface area (Å²) < 4.78 is 5.12. The third-order valence-electron chi connectivity index (χ3n) is 2.56. The first kappa shape index (κ1) is 12.1. The summed E-state index contributed by atoms with van der Waals surface area (Å²) in [5.74, 6) is 0.222. The number of nitrogen functional groups attached to an aromatic ring is 1. The van der Waals surface area contributed by atoms with Gasteiger partial charge in [-0.15, -0.1) is 0 Å². The van der Waals surface area contributed by atoms with Gasteiger partial charge in [0, 0.05) is 34.9 Å². The van der Waals surface area contributed by atoms with E-state index in [1.165, 1.54) is 0 Å². The molecule has 1 heterocycles. The van der Waals surface area contributed by atoms with Gasteiger partial charge in [-0.05, 0) is 40.2 Å². The maximum atomic E-state index is 8.13. The first-order chi connectivity index (χ1) is 7.72. The first-order valence-electron chi connectivity index (χ1n) is 4.90. The molecule has 1 saturated heterocycles. The highest BCUT2D eigenvalue weighted by molar-refractivity contribution is 14.2. The number of ether oxygens (including phenoxy) is 1. The van der Waals surface area contributed by atoms with Crippen molar-refractivity contribution < 1.29 is 4.74 Å². The Labute approximate surface area is 109 Å². The Morgan fingerprint density at radius 2 is 2.31 bits per heavy atom. The molecule has 0 saturated carbocycles. The highest BCUT2D eigenvalue weighted by Gasteiger charge is 2.25. The Hall–Kier alpha value is -0.390. The van der Waals surface area contributed by atoms with Gasteiger partial charge in [0.2, 0.25) is 0 Å². The van der Waals surface area contributed by atoms with Crippen LogP contribution in [0.3, 0.4) is 0 Å². The molecule has 4 nitrogen and oxygen atoms in total. The van der Waals surface area contributed by atoms with Gasteiger partial charge in [-0.3, -0.25) is 0 Å². The summed E-state index contributed by atoms with van der Waals surface area (Å²) in [5, 5.41) is 11.4. The third kappa shape index (κ3) is 2.47. The van der Waals surface area contributed by atoms with E-state index in [1.54, 1.807) is 0 Å². The van der Waals surface area contributed by atoms with Crippen molar-refractivity contribution in [2.24, 2.45) is 5.92 Å². The van der Waals surface area contributed by atoms with Gasteiger partial charge in [-0.2, -0.15) is 0 Å². The van der Waals surface area contributed by atoms with Gasteiger partial charge >= 0.3 is 0 Å². The number of nitrogens with two attached hydrogens (primary N) is 1. The molecule has 1 aliphatic heterocycles. The third-order valence-corrected chi connectivity index (χ3v) is 3.73. The van der Waals surface area contributed by atoms with Gasteiger partial charge in [0.1, 0.15) is 0 Å². The van der Waals surface area contributed by atoms with Crippen molar-refractivity contribution in [1.82, 2.24) is 0 Å². The van der Waals surface area contributed by atoms with Gasteiger partial charge < -0.3 is 21.0 Å². The number of nitrogens with one attached hydrogen (secondary N) is 2. The molecule has 16 heavy (non-hydrogen) atoms. The van der Waals surface area contributed by atoms with Gasteiger partial charge in [-0.1, -0.05) is 0 Å². The lowest BCUT2D eigenvalue weighted by molar-refractivity contribution is 0.00184. The Balaban J connectivity index is 2.28. The predicted molar refractivity (Wildman–Crippen MR) is 77.9 cm³/mol. The zero-order chi connectivity index (χ0) is 11.5. The van der Waals surface area contributed by atoms with Crippen molar-refractivity contribution in [2.45, 2.75) is 0 Å². The van der Waals surface area contributed by atoms with E-state index in [2.05, 4.69) is 27.1 Å². The average Bonchev–Trinajstić information content (AvgIpc) is 2.18. The van der Waals surface area contributed by atoms with E-state index in [4.69, 9.17) is 15.9 Å². The minimum atomic E-state index is 0.222. The topological polar surface area (TPSA) is 71.1 Å². The maximum Gasteiger partial charge on any atom is 0.0572 e. The molecule has 0 amide bonds. The molecule has 6 heteroatoms. The SMILES string of the molecule is N=C(c1cc(N)ccc1NPI)C1COC1. The van der Waals surface area contributed by atoms with Crippen molar-refractivity contribution >= 4 is 45.5 Å². The fourth-order valence-corrected chi connectivity index (χ4v) is 2.76. The van der Waals surface area contributed by atoms with Crippen LogP contribution in [0.25, 0.3) is 0 Å². The molecule has 0 radical (unpaired) electrons. The lowest BCUT2D eigenvalue weighted by atomic mass is 9.94. The molecule has 0 aliphatic carbocycles. The molecular weight excluding hydrogens is 336 g/mol. The van der Waals surface area contributed by atoms with Crippen LogP contribution in [-0.2, 0) is 4.74 Å². The molecule has 2 rings (SSSR count). The quantitative estimate of drug-likeness (QED) is 0.339. The van der Waals surface area contributed by atoms with Crippen LogP contribution < -0.4 is 10.8 Å². The second-order valence-corrected chi connectivity index (χ2v) is 5.73. The second-order valence-electron chi connectivity index (χ2n) is 3.67. The minimum Gasteiger partial charge on any atom is -0.399 e. The normalized spacial score (nSPS) is 16.3. The van der Waals surface area contributed by atoms with Crippen LogP contribution in [-0.4, -0.2) is 18.9 Å². The highest BCUT2D eigenvalue weighted by atomic mass is 127. The summed E-state index contributed by atoms with van der Waals surface area (Å²) in [6.07, 6.45) is 0.585. The number of hydrogen-bond donors (Lipinski definition) is 3. The molecule has 86 valence electrons. The largest absolute Gasteiger partial charge is 0.399 e. The van der Waals surface area contributed by atoms with Crippen molar-refractivity contribution in [3.63, 3.8) is 0 Å². The summed E-state index contributed by atoms with van der Waals surface area (Å²) in [4.78, 5) is 0. The van der Waals surface area contributed by atoms with E-state index in [1.807, 2.05) is 18.2 Å². The first-order valence-corrected chi connectivity index (χ1v) is 9.01. The lowest BCUT2D eigenvalue weighted by Crippen LogP contribution is -2.35. The number of hydrogen-bond acceptors (Lipinski definition) is 4. The standard InChI is InChI=1S/C10H13IN3OP/c11-16-14-9-2-1-7(12)3-8(9)10(13)6-4-15-5-6/h1-3,6,13-14,16H,4-5,12H2. The number of rotatable bonds is 4. The molecule has 4 N–H and O–H groups in total. The fourth-order valence-electron chi connectivity index (χ4n) is 1.57. The van der Waals surface area contributed by atoms with Crippen LogP contribution in [0.2, 0.25) is 0 Å². The van der Waals surface area contributed by atoms with Gasteiger partial charge in [0.15, 0.2) is 0 Å². The van der Waals surface area contributed by atoms with Gasteiger partial charge in [0.25, 0.3) is 0 Å².